The van der Waals surface area contributed by atoms with E-state index in [9.17, 15) is 4.79 Å². The number of nitrogens with one attached hydrogen (secondary N) is 2. The lowest BCUT2D eigenvalue weighted by molar-refractivity contribution is 0.0508. The van der Waals surface area contributed by atoms with Crippen LogP contribution >= 0.6 is 23.2 Å². The van der Waals surface area contributed by atoms with E-state index in [1.807, 2.05) is 27.7 Å². The third-order valence-electron chi connectivity index (χ3n) is 2.58. The first-order valence-corrected chi connectivity index (χ1v) is 7.58. The largest absolute Gasteiger partial charge is 0.444 e. The maximum Gasteiger partial charge on any atom is 0.407 e. The normalized spacial score (nSPS) is 12.9. The zero-order chi connectivity index (χ0) is 16.0. The third-order valence-corrected chi connectivity index (χ3v) is 3.29. The predicted molar refractivity (Wildman–Crippen MR) is 87.0 cm³/mol. The molecule has 0 aliphatic rings. The molecule has 0 fully saturated rings. The molecule has 1 atom stereocenters. The number of ether oxygens (including phenoxy) is 1. The minimum absolute atomic E-state index is 0.0684. The van der Waals surface area contributed by atoms with Crippen molar-refractivity contribution in [1.29, 1.82) is 0 Å². The maximum absolute atomic E-state index is 11.6. The summed E-state index contributed by atoms with van der Waals surface area (Å²) in [6.45, 7) is 8.50. The molecular formula is C15H22Cl2N2O2. The average Bonchev–Trinajstić information content (AvgIpc) is 2.30. The van der Waals surface area contributed by atoms with Crippen molar-refractivity contribution in [2.45, 2.75) is 45.9 Å². The first-order chi connectivity index (χ1) is 9.69. The van der Waals surface area contributed by atoms with Crippen LogP contribution in [0.3, 0.4) is 0 Å². The third kappa shape index (κ3) is 7.02. The van der Waals surface area contributed by atoms with Crippen LogP contribution in [0.5, 0.6) is 0 Å². The summed E-state index contributed by atoms with van der Waals surface area (Å²) in [5.41, 5.74) is 0.354. The van der Waals surface area contributed by atoms with Gasteiger partial charge in [0.1, 0.15) is 5.60 Å². The van der Waals surface area contributed by atoms with E-state index < -0.39 is 11.7 Å². The molecule has 118 valence electrons. The van der Waals surface area contributed by atoms with Gasteiger partial charge in [0.15, 0.2) is 0 Å². The molecule has 0 aliphatic heterocycles. The molecule has 0 saturated heterocycles. The molecule has 1 rings (SSSR count). The van der Waals surface area contributed by atoms with Crippen molar-refractivity contribution in [2.24, 2.45) is 0 Å². The zero-order valence-corrected chi connectivity index (χ0v) is 14.3. The van der Waals surface area contributed by atoms with Crippen LogP contribution in [-0.4, -0.2) is 24.3 Å². The van der Waals surface area contributed by atoms with E-state index >= 15 is 0 Å². The second kappa shape index (κ2) is 7.87. The molecule has 0 spiro atoms. The molecule has 4 nitrogen and oxygen atoms in total. The fraction of sp³-hybridized carbons (Fsp3) is 0.533. The Morgan fingerprint density at radius 2 is 1.86 bits per heavy atom. The van der Waals surface area contributed by atoms with Gasteiger partial charge >= 0.3 is 6.09 Å². The number of rotatable bonds is 5. The van der Waals surface area contributed by atoms with Crippen LogP contribution < -0.4 is 10.6 Å². The SMILES string of the molecule is CC(CNCc1c(Cl)cccc1Cl)NC(=O)OC(C)(C)C. The highest BCUT2D eigenvalue weighted by Gasteiger charge is 2.17. The minimum atomic E-state index is -0.498. The van der Waals surface area contributed by atoms with E-state index in [2.05, 4.69) is 10.6 Å². The van der Waals surface area contributed by atoms with Crippen molar-refractivity contribution in [3.63, 3.8) is 0 Å². The Hall–Kier alpha value is -0.970. The molecule has 0 heterocycles. The molecule has 1 unspecified atom stereocenters. The van der Waals surface area contributed by atoms with Crippen LogP contribution in [0.25, 0.3) is 0 Å². The summed E-state index contributed by atoms with van der Waals surface area (Å²) in [4.78, 5) is 11.6. The van der Waals surface area contributed by atoms with Crippen LogP contribution in [0, 0.1) is 0 Å². The molecule has 1 aromatic carbocycles. The molecule has 0 aromatic heterocycles. The van der Waals surface area contributed by atoms with Gasteiger partial charge in [0, 0.05) is 34.7 Å². The average molecular weight is 333 g/mol. The minimum Gasteiger partial charge on any atom is -0.444 e. The van der Waals surface area contributed by atoms with E-state index in [4.69, 9.17) is 27.9 Å². The lowest BCUT2D eigenvalue weighted by atomic mass is 10.2. The molecule has 21 heavy (non-hydrogen) atoms. The van der Waals surface area contributed by atoms with Crippen LogP contribution in [-0.2, 0) is 11.3 Å². The number of hydrogen-bond donors (Lipinski definition) is 2. The van der Waals surface area contributed by atoms with Gasteiger partial charge < -0.3 is 15.4 Å². The lowest BCUT2D eigenvalue weighted by Gasteiger charge is -2.22. The number of benzene rings is 1. The zero-order valence-electron chi connectivity index (χ0n) is 12.8. The van der Waals surface area contributed by atoms with Crippen LogP contribution in [0.1, 0.15) is 33.3 Å². The number of alkyl carbamates (subject to hydrolysis) is 1. The number of halogens is 2. The Morgan fingerprint density at radius 1 is 1.29 bits per heavy atom. The topological polar surface area (TPSA) is 50.4 Å². The second-order valence-electron chi connectivity index (χ2n) is 5.88. The Morgan fingerprint density at radius 3 is 2.38 bits per heavy atom. The van der Waals surface area contributed by atoms with Crippen LogP contribution in [0.15, 0.2) is 18.2 Å². The van der Waals surface area contributed by atoms with Gasteiger partial charge in [-0.25, -0.2) is 4.79 Å². The van der Waals surface area contributed by atoms with Gasteiger partial charge in [-0.2, -0.15) is 0 Å². The monoisotopic (exact) mass is 332 g/mol. The lowest BCUT2D eigenvalue weighted by Crippen LogP contribution is -2.42. The summed E-state index contributed by atoms with van der Waals surface area (Å²) in [6, 6.07) is 5.33. The van der Waals surface area contributed by atoms with Crippen molar-refractivity contribution in [3.05, 3.63) is 33.8 Å². The van der Waals surface area contributed by atoms with Crippen LogP contribution in [0.4, 0.5) is 4.79 Å². The highest BCUT2D eigenvalue weighted by Crippen LogP contribution is 2.23. The fourth-order valence-corrected chi connectivity index (χ4v) is 2.21. The molecule has 6 heteroatoms. The van der Waals surface area contributed by atoms with Gasteiger partial charge in [0.25, 0.3) is 0 Å². The molecular weight excluding hydrogens is 311 g/mol. The Labute approximate surface area is 136 Å². The Bertz CT molecular complexity index is 467. The summed E-state index contributed by atoms with van der Waals surface area (Å²) in [5, 5.41) is 7.23. The maximum atomic E-state index is 11.6. The number of hydrogen-bond acceptors (Lipinski definition) is 3. The molecule has 1 amide bonds. The van der Waals surface area contributed by atoms with Gasteiger partial charge in [0.05, 0.1) is 0 Å². The molecule has 2 N–H and O–H groups in total. The van der Waals surface area contributed by atoms with E-state index in [0.29, 0.717) is 23.1 Å². The molecule has 1 aromatic rings. The fourth-order valence-electron chi connectivity index (χ4n) is 1.67. The number of carbonyl (C=O) groups excluding carboxylic acids is 1. The highest BCUT2D eigenvalue weighted by molar-refractivity contribution is 6.35. The van der Waals surface area contributed by atoms with Crippen molar-refractivity contribution in [2.75, 3.05) is 6.54 Å². The van der Waals surface area contributed by atoms with Crippen molar-refractivity contribution in [3.8, 4) is 0 Å². The summed E-state index contributed by atoms with van der Waals surface area (Å²) in [5.74, 6) is 0. The first-order valence-electron chi connectivity index (χ1n) is 6.82. The van der Waals surface area contributed by atoms with Gasteiger partial charge in [-0.05, 0) is 39.8 Å². The molecule has 0 bridgehead atoms. The summed E-state index contributed by atoms with van der Waals surface area (Å²) >= 11 is 12.2. The van der Waals surface area contributed by atoms with Gasteiger partial charge in [-0.3, -0.25) is 0 Å². The quantitative estimate of drug-likeness (QED) is 0.856. The molecule has 0 aliphatic carbocycles. The summed E-state index contributed by atoms with van der Waals surface area (Å²) < 4.78 is 5.19. The second-order valence-corrected chi connectivity index (χ2v) is 6.69. The van der Waals surface area contributed by atoms with Crippen molar-refractivity contribution < 1.29 is 9.53 Å². The number of amides is 1. The highest BCUT2D eigenvalue weighted by atomic mass is 35.5. The predicted octanol–water partition coefficient (Wildman–Crippen LogP) is 4.00. The van der Waals surface area contributed by atoms with Crippen molar-refractivity contribution in [1.82, 2.24) is 10.6 Å². The molecule has 0 radical (unpaired) electrons. The van der Waals surface area contributed by atoms with E-state index in [1.54, 1.807) is 18.2 Å². The molecule has 0 saturated carbocycles. The summed E-state index contributed by atoms with van der Waals surface area (Å²) in [7, 11) is 0. The van der Waals surface area contributed by atoms with Crippen LogP contribution in [0.2, 0.25) is 10.0 Å². The van der Waals surface area contributed by atoms with E-state index in [1.165, 1.54) is 0 Å². The standard InChI is InChI=1S/C15H22Cl2N2O2/c1-10(19-14(20)21-15(2,3)4)8-18-9-11-12(16)6-5-7-13(11)17/h5-7,10,18H,8-9H2,1-4H3,(H,19,20). The van der Waals surface area contributed by atoms with Gasteiger partial charge in [-0.1, -0.05) is 29.3 Å². The number of carbonyl (C=O) groups is 1. The van der Waals surface area contributed by atoms with Gasteiger partial charge in [-0.15, -0.1) is 0 Å². The Balaban J connectivity index is 2.37. The van der Waals surface area contributed by atoms with E-state index in [-0.39, 0.29) is 6.04 Å². The summed E-state index contributed by atoms with van der Waals surface area (Å²) in [6.07, 6.45) is -0.424. The van der Waals surface area contributed by atoms with Gasteiger partial charge in [0.2, 0.25) is 0 Å². The van der Waals surface area contributed by atoms with Crippen molar-refractivity contribution >= 4 is 29.3 Å². The smallest absolute Gasteiger partial charge is 0.407 e. The Kier molecular flexibility index (Phi) is 6.78. The first kappa shape index (κ1) is 18.1. The van der Waals surface area contributed by atoms with E-state index in [0.717, 1.165) is 5.56 Å².